The Labute approximate surface area is 45.3 Å². The maximum Gasteiger partial charge on any atom is 0.253 e. The van der Waals surface area contributed by atoms with Crippen molar-refractivity contribution in [1.82, 2.24) is 5.17 Å². The number of hydrogen-bond donors (Lipinski definition) is 3. The molecule has 0 aromatic carbocycles. The van der Waals surface area contributed by atoms with E-state index in [4.69, 9.17) is 11.6 Å². The first kappa shape index (κ1) is 5.32. The lowest BCUT2D eigenvalue weighted by atomic mass is 10.8. The number of nitrogens with two attached hydrogens (primary N) is 2. The van der Waals surface area contributed by atoms with Crippen molar-refractivity contribution in [1.29, 1.82) is 0 Å². The average molecular weight is 118 g/mol. The molecule has 1 aliphatic heterocycles. The van der Waals surface area contributed by atoms with Crippen molar-refractivity contribution in [3.05, 3.63) is 17.2 Å². The van der Waals surface area contributed by atoms with Crippen LogP contribution in [0.4, 0.5) is 0 Å². The smallest absolute Gasteiger partial charge is 0.253 e. The Hall–Kier alpha value is -0.820. The number of hydroxylamine groups is 3. The zero-order chi connectivity index (χ0) is 6.15. The van der Waals surface area contributed by atoms with Gasteiger partial charge >= 0.3 is 0 Å². The van der Waals surface area contributed by atoms with Crippen LogP contribution in [-0.2, 0) is 4.94 Å². The molecule has 1 heterocycles. The summed E-state index contributed by atoms with van der Waals surface area (Å²) in [5.41, 5.74) is 5.03. The minimum absolute atomic E-state index is 0.0208. The summed E-state index contributed by atoms with van der Waals surface area (Å²) in [5.74, 6) is 4.97. The van der Waals surface area contributed by atoms with E-state index in [1.54, 1.807) is 0 Å². The highest BCUT2D eigenvalue weighted by molar-refractivity contribution is 4.81. The summed E-state index contributed by atoms with van der Waals surface area (Å²) in [6.45, 7) is 0. The second kappa shape index (κ2) is 1.60. The zero-order valence-electron chi connectivity index (χ0n) is 4.00. The van der Waals surface area contributed by atoms with Gasteiger partial charge in [-0.25, -0.2) is 5.84 Å². The van der Waals surface area contributed by atoms with Crippen molar-refractivity contribution in [3.63, 3.8) is 0 Å². The number of rotatable bonds is 0. The molecule has 0 saturated carbocycles. The Morgan fingerprint density at radius 1 is 1.88 bits per heavy atom. The van der Waals surface area contributed by atoms with Crippen LogP contribution in [-0.4, -0.2) is 5.17 Å². The zero-order valence-corrected chi connectivity index (χ0v) is 4.00. The van der Waals surface area contributed by atoms with Gasteiger partial charge < -0.3 is 10.9 Å². The molecule has 6 nitrogen and oxygen atoms in total. The molecule has 0 spiro atoms. The Balaban J connectivity index is 2.59. The van der Waals surface area contributed by atoms with Crippen molar-refractivity contribution in [2.24, 2.45) is 11.6 Å². The normalized spacial score (nSPS) is 28.5. The van der Waals surface area contributed by atoms with Gasteiger partial charge in [-0.15, -0.1) is 10.4 Å². The van der Waals surface area contributed by atoms with Crippen LogP contribution < -0.4 is 16.8 Å². The number of nitrogens with one attached hydrogen (secondary N) is 1. The maximum atomic E-state index is 10.2. The molecule has 46 valence electrons. The lowest BCUT2D eigenvalue weighted by Crippen LogP contribution is -3.04. The number of quaternary nitrogens is 1. The molecule has 1 rings (SSSR count). The molecule has 0 aromatic heterocycles. The third-order valence-electron chi connectivity index (χ3n) is 0.690. The summed E-state index contributed by atoms with van der Waals surface area (Å²) < 4.78 is 0. The molecular weight excluding hydrogens is 112 g/mol. The summed E-state index contributed by atoms with van der Waals surface area (Å²) in [4.78, 5) is 4.23. The van der Waals surface area contributed by atoms with Crippen LogP contribution in [0.5, 0.6) is 0 Å². The summed E-state index contributed by atoms with van der Waals surface area (Å²) in [7, 11) is 0. The lowest BCUT2D eigenvalue weighted by molar-refractivity contribution is -1.04. The van der Waals surface area contributed by atoms with Crippen LogP contribution in [0.25, 0.3) is 0 Å². The standard InChI is InChI=1S/C2H6N4O2/c3-2-1-5(4)8-6(2)7/h1,6H,3-4H2. The number of hydrogen-bond acceptors (Lipinski definition) is 5. The van der Waals surface area contributed by atoms with Crippen molar-refractivity contribution < 1.29 is 10.2 Å². The van der Waals surface area contributed by atoms with Crippen LogP contribution in [0.3, 0.4) is 0 Å². The van der Waals surface area contributed by atoms with Crippen LogP contribution in [0.15, 0.2) is 12.0 Å². The first-order valence-electron chi connectivity index (χ1n) is 1.93. The van der Waals surface area contributed by atoms with Gasteiger partial charge in [0.05, 0.1) is 0 Å². The Kier molecular flexibility index (Phi) is 1.06. The van der Waals surface area contributed by atoms with E-state index in [0.29, 0.717) is 0 Å². The molecule has 1 unspecified atom stereocenters. The molecule has 6 heteroatoms. The quantitative estimate of drug-likeness (QED) is 0.235. The molecule has 0 bridgehead atoms. The fourth-order valence-corrected chi connectivity index (χ4v) is 0.365. The predicted octanol–water partition coefficient (Wildman–Crippen LogP) is -2.84. The summed E-state index contributed by atoms with van der Waals surface area (Å²) >= 11 is 0. The molecule has 0 saturated heterocycles. The minimum Gasteiger partial charge on any atom is -0.592 e. The van der Waals surface area contributed by atoms with E-state index in [9.17, 15) is 5.21 Å². The second-order valence-electron chi connectivity index (χ2n) is 1.32. The van der Waals surface area contributed by atoms with Crippen molar-refractivity contribution in [2.75, 3.05) is 0 Å². The molecular formula is C2H6N4O2. The average Bonchev–Trinajstić information content (AvgIpc) is 1.85. The fraction of sp³-hybridized carbons (Fsp3) is 0. The van der Waals surface area contributed by atoms with Crippen molar-refractivity contribution >= 4 is 0 Å². The van der Waals surface area contributed by atoms with Gasteiger partial charge in [0.1, 0.15) is 6.20 Å². The topological polar surface area (TPSA) is 92.0 Å². The molecule has 0 radical (unpaired) electrons. The Morgan fingerprint density at radius 3 is 2.62 bits per heavy atom. The van der Waals surface area contributed by atoms with Crippen molar-refractivity contribution in [3.8, 4) is 0 Å². The summed E-state index contributed by atoms with van der Waals surface area (Å²) in [6.07, 6.45) is 1.20. The van der Waals surface area contributed by atoms with Crippen LogP contribution in [0, 0.1) is 5.21 Å². The van der Waals surface area contributed by atoms with E-state index in [-0.39, 0.29) is 5.82 Å². The summed E-state index contributed by atoms with van der Waals surface area (Å²) in [5, 5.41) is 10.4. The second-order valence-corrected chi connectivity index (χ2v) is 1.32. The Morgan fingerprint density at radius 2 is 2.50 bits per heavy atom. The molecule has 1 atom stereocenters. The van der Waals surface area contributed by atoms with E-state index in [0.717, 1.165) is 5.17 Å². The lowest BCUT2D eigenvalue weighted by Gasteiger charge is -2.11. The highest BCUT2D eigenvalue weighted by Crippen LogP contribution is 1.84. The fourth-order valence-electron chi connectivity index (χ4n) is 0.365. The molecule has 5 N–H and O–H groups in total. The van der Waals surface area contributed by atoms with Crippen LogP contribution in [0.2, 0.25) is 0 Å². The molecule has 0 aromatic rings. The number of nitrogens with zero attached hydrogens (tertiary/aromatic N) is 1. The van der Waals surface area contributed by atoms with Gasteiger partial charge in [0, 0.05) is 0 Å². The first-order valence-corrected chi connectivity index (χ1v) is 1.93. The molecule has 1 aliphatic rings. The van der Waals surface area contributed by atoms with Gasteiger partial charge in [-0.2, -0.15) is 0 Å². The van der Waals surface area contributed by atoms with E-state index >= 15 is 0 Å². The molecule has 0 aliphatic carbocycles. The summed E-state index contributed by atoms with van der Waals surface area (Å²) in [6, 6.07) is 0. The van der Waals surface area contributed by atoms with Crippen LogP contribution >= 0.6 is 0 Å². The highest BCUT2D eigenvalue weighted by atomic mass is 17.0. The van der Waals surface area contributed by atoms with Crippen LogP contribution in [0.1, 0.15) is 0 Å². The van der Waals surface area contributed by atoms with Gasteiger partial charge in [-0.1, -0.05) is 4.94 Å². The molecule has 8 heavy (non-hydrogen) atoms. The minimum atomic E-state index is -0.604. The monoisotopic (exact) mass is 118 g/mol. The third kappa shape index (κ3) is 0.724. The van der Waals surface area contributed by atoms with Gasteiger partial charge in [0.25, 0.3) is 5.82 Å². The highest BCUT2D eigenvalue weighted by Gasteiger charge is 2.15. The predicted molar refractivity (Wildman–Crippen MR) is 23.7 cm³/mol. The molecule has 0 fully saturated rings. The van der Waals surface area contributed by atoms with Gasteiger partial charge in [0.15, 0.2) is 0 Å². The van der Waals surface area contributed by atoms with Gasteiger partial charge in [-0.3, -0.25) is 0 Å². The van der Waals surface area contributed by atoms with E-state index in [2.05, 4.69) is 4.94 Å². The van der Waals surface area contributed by atoms with E-state index in [1.165, 1.54) is 6.20 Å². The third-order valence-corrected chi connectivity index (χ3v) is 0.690. The van der Waals surface area contributed by atoms with Gasteiger partial charge in [-0.05, 0) is 0 Å². The largest absolute Gasteiger partial charge is 0.592 e. The maximum absolute atomic E-state index is 10.2. The van der Waals surface area contributed by atoms with E-state index < -0.39 is 5.23 Å². The molecule has 0 amide bonds. The first-order chi connectivity index (χ1) is 3.70. The van der Waals surface area contributed by atoms with E-state index in [1.807, 2.05) is 0 Å². The SMILES string of the molecule is NC1=CN(N)O[NH+]1[O-]. The van der Waals surface area contributed by atoms with Gasteiger partial charge in [0.2, 0.25) is 0 Å². The van der Waals surface area contributed by atoms with Crippen molar-refractivity contribution in [2.45, 2.75) is 0 Å². The Bertz CT molecular complexity index is 123. The number of hydrazine groups is 1.